The number of ether oxygens (including phenoxy) is 2. The van der Waals surface area contributed by atoms with E-state index in [2.05, 4.69) is 4.74 Å². The fourth-order valence-electron chi connectivity index (χ4n) is 1.71. The molecule has 1 heterocycles. The van der Waals surface area contributed by atoms with Gasteiger partial charge in [0, 0.05) is 26.6 Å². The van der Waals surface area contributed by atoms with Crippen molar-refractivity contribution in [1.82, 2.24) is 4.90 Å². The number of hydrogen-bond acceptors (Lipinski definition) is 4. The summed E-state index contributed by atoms with van der Waals surface area (Å²) < 4.78 is 9.70. The first-order chi connectivity index (χ1) is 7.65. The summed E-state index contributed by atoms with van der Waals surface area (Å²) in [6, 6.07) is 0. The van der Waals surface area contributed by atoms with E-state index in [-0.39, 0.29) is 17.8 Å². The van der Waals surface area contributed by atoms with E-state index in [0.29, 0.717) is 32.6 Å². The molecule has 92 valence electrons. The van der Waals surface area contributed by atoms with Gasteiger partial charge in [0.15, 0.2) is 0 Å². The Balaban J connectivity index is 2.20. The summed E-state index contributed by atoms with van der Waals surface area (Å²) in [5, 5.41) is 0. The highest BCUT2D eigenvalue weighted by Gasteiger charge is 2.25. The van der Waals surface area contributed by atoms with E-state index in [4.69, 9.17) is 4.74 Å². The van der Waals surface area contributed by atoms with Gasteiger partial charge in [-0.05, 0) is 12.8 Å². The Morgan fingerprint density at radius 1 is 1.50 bits per heavy atom. The molecule has 5 heteroatoms. The van der Waals surface area contributed by atoms with E-state index in [9.17, 15) is 9.59 Å². The maximum Gasteiger partial charge on any atom is 0.305 e. The lowest BCUT2D eigenvalue weighted by Crippen LogP contribution is -2.34. The van der Waals surface area contributed by atoms with Crippen LogP contribution in [0.1, 0.15) is 19.3 Å². The largest absolute Gasteiger partial charge is 0.469 e. The molecule has 1 unspecified atom stereocenters. The molecule has 0 aliphatic carbocycles. The van der Waals surface area contributed by atoms with Crippen LogP contribution in [0.15, 0.2) is 0 Å². The van der Waals surface area contributed by atoms with Crippen molar-refractivity contribution in [2.24, 2.45) is 5.92 Å². The van der Waals surface area contributed by atoms with Gasteiger partial charge in [-0.1, -0.05) is 0 Å². The van der Waals surface area contributed by atoms with Crippen LogP contribution < -0.4 is 0 Å². The van der Waals surface area contributed by atoms with Crippen molar-refractivity contribution in [2.45, 2.75) is 19.3 Å². The van der Waals surface area contributed by atoms with Gasteiger partial charge in [0.25, 0.3) is 0 Å². The summed E-state index contributed by atoms with van der Waals surface area (Å²) in [4.78, 5) is 24.4. The molecule has 5 nitrogen and oxygen atoms in total. The number of esters is 1. The van der Waals surface area contributed by atoms with Crippen LogP contribution in [0.25, 0.3) is 0 Å². The molecule has 1 rings (SSSR count). The summed E-state index contributed by atoms with van der Waals surface area (Å²) in [7, 11) is 3.13. The summed E-state index contributed by atoms with van der Waals surface area (Å²) in [6.07, 6.45) is 1.80. The minimum Gasteiger partial charge on any atom is -0.469 e. The maximum absolute atomic E-state index is 11.8. The van der Waals surface area contributed by atoms with Gasteiger partial charge in [0.1, 0.15) is 0 Å². The van der Waals surface area contributed by atoms with Crippen molar-refractivity contribution in [3.8, 4) is 0 Å². The van der Waals surface area contributed by atoms with Crippen LogP contribution >= 0.6 is 0 Å². The highest BCUT2D eigenvalue weighted by Crippen LogP contribution is 2.15. The number of carbonyl (C=O) groups is 2. The first-order valence-corrected chi connectivity index (χ1v) is 5.54. The van der Waals surface area contributed by atoms with E-state index in [1.165, 1.54) is 7.11 Å². The minimum atomic E-state index is -0.231. The second-order valence-corrected chi connectivity index (χ2v) is 4.00. The van der Waals surface area contributed by atoms with Gasteiger partial charge in [-0.2, -0.15) is 0 Å². The number of carbonyl (C=O) groups excluding carboxylic acids is 2. The van der Waals surface area contributed by atoms with Crippen molar-refractivity contribution in [3.05, 3.63) is 0 Å². The zero-order valence-electron chi connectivity index (χ0n) is 9.90. The predicted octanol–water partition coefficient (Wildman–Crippen LogP) is 0.434. The lowest BCUT2D eigenvalue weighted by atomic mass is 10.1. The molecule has 0 bridgehead atoms. The van der Waals surface area contributed by atoms with Crippen molar-refractivity contribution >= 4 is 11.9 Å². The molecule has 0 radical (unpaired) electrons. The molecule has 0 spiro atoms. The lowest BCUT2D eigenvalue weighted by molar-refractivity contribution is -0.141. The van der Waals surface area contributed by atoms with Crippen LogP contribution in [-0.4, -0.2) is 50.7 Å². The fraction of sp³-hybridized carbons (Fsp3) is 0.818. The molecule has 1 aliphatic heterocycles. The molecule has 0 N–H and O–H groups in total. The normalized spacial score (nSPS) is 19.5. The zero-order chi connectivity index (χ0) is 12.0. The Hall–Kier alpha value is -1.10. The van der Waals surface area contributed by atoms with E-state index in [0.717, 1.165) is 6.42 Å². The Morgan fingerprint density at radius 2 is 2.25 bits per heavy atom. The van der Waals surface area contributed by atoms with Gasteiger partial charge in [0.2, 0.25) is 5.91 Å². The number of hydrogen-bond donors (Lipinski definition) is 0. The van der Waals surface area contributed by atoms with Gasteiger partial charge >= 0.3 is 5.97 Å². The molecule has 1 atom stereocenters. The Bertz CT molecular complexity index is 248. The van der Waals surface area contributed by atoms with E-state index in [1.54, 1.807) is 11.9 Å². The second-order valence-electron chi connectivity index (χ2n) is 4.00. The highest BCUT2D eigenvalue weighted by atomic mass is 16.5. The fourth-order valence-corrected chi connectivity index (χ4v) is 1.71. The number of amides is 1. The summed E-state index contributed by atoms with van der Waals surface area (Å²) in [5.41, 5.74) is 0. The first kappa shape index (κ1) is 13.0. The Kier molecular flexibility index (Phi) is 5.25. The molecule has 0 aromatic heterocycles. The van der Waals surface area contributed by atoms with Crippen LogP contribution in [0, 0.1) is 5.92 Å². The van der Waals surface area contributed by atoms with Gasteiger partial charge in [-0.3, -0.25) is 9.59 Å². The number of rotatable bonds is 5. The first-order valence-electron chi connectivity index (χ1n) is 5.54. The summed E-state index contributed by atoms with van der Waals surface area (Å²) in [5.74, 6) is -0.115. The highest BCUT2D eigenvalue weighted by molar-refractivity contribution is 5.79. The maximum atomic E-state index is 11.8. The third kappa shape index (κ3) is 3.81. The average molecular weight is 229 g/mol. The van der Waals surface area contributed by atoms with Crippen molar-refractivity contribution < 1.29 is 19.1 Å². The molecule has 1 fully saturated rings. The molecular formula is C11H19NO4. The number of nitrogens with zero attached hydrogens (tertiary/aromatic N) is 1. The molecular weight excluding hydrogens is 210 g/mol. The van der Waals surface area contributed by atoms with Crippen molar-refractivity contribution in [3.63, 3.8) is 0 Å². The second kappa shape index (κ2) is 6.48. The van der Waals surface area contributed by atoms with E-state index >= 15 is 0 Å². The third-order valence-electron chi connectivity index (χ3n) is 2.76. The van der Waals surface area contributed by atoms with Gasteiger partial charge < -0.3 is 14.4 Å². The molecule has 0 saturated carbocycles. The predicted molar refractivity (Wildman–Crippen MR) is 57.8 cm³/mol. The number of methoxy groups -OCH3 is 1. The van der Waals surface area contributed by atoms with Crippen molar-refractivity contribution in [2.75, 3.05) is 33.9 Å². The van der Waals surface area contributed by atoms with Gasteiger partial charge in [-0.25, -0.2) is 0 Å². The minimum absolute atomic E-state index is 0.00290. The van der Waals surface area contributed by atoms with Crippen LogP contribution in [0.5, 0.6) is 0 Å². The van der Waals surface area contributed by atoms with Crippen LogP contribution in [0.2, 0.25) is 0 Å². The van der Waals surface area contributed by atoms with Gasteiger partial charge in [0.05, 0.1) is 19.6 Å². The molecule has 1 amide bonds. The zero-order valence-corrected chi connectivity index (χ0v) is 9.90. The SMILES string of the molecule is COC(=O)CCCN(C)C(=O)C1CCOC1. The molecule has 1 aliphatic rings. The quantitative estimate of drug-likeness (QED) is 0.642. The smallest absolute Gasteiger partial charge is 0.305 e. The van der Waals surface area contributed by atoms with Crippen LogP contribution in [0.4, 0.5) is 0 Å². The Morgan fingerprint density at radius 3 is 2.81 bits per heavy atom. The molecule has 16 heavy (non-hydrogen) atoms. The summed E-state index contributed by atoms with van der Waals surface area (Å²) >= 11 is 0. The van der Waals surface area contributed by atoms with Crippen LogP contribution in [0.3, 0.4) is 0 Å². The summed E-state index contributed by atoms with van der Waals surface area (Å²) in [6.45, 7) is 1.79. The van der Waals surface area contributed by atoms with E-state index in [1.807, 2.05) is 0 Å². The lowest BCUT2D eigenvalue weighted by Gasteiger charge is -2.19. The third-order valence-corrected chi connectivity index (χ3v) is 2.76. The topological polar surface area (TPSA) is 55.8 Å². The molecule has 1 saturated heterocycles. The van der Waals surface area contributed by atoms with Gasteiger partial charge in [-0.15, -0.1) is 0 Å². The average Bonchev–Trinajstić information content (AvgIpc) is 2.81. The van der Waals surface area contributed by atoms with Crippen LogP contribution in [-0.2, 0) is 19.1 Å². The van der Waals surface area contributed by atoms with Crippen molar-refractivity contribution in [1.29, 1.82) is 0 Å². The monoisotopic (exact) mass is 229 g/mol. The molecule has 0 aromatic carbocycles. The van der Waals surface area contributed by atoms with E-state index < -0.39 is 0 Å². The Labute approximate surface area is 95.7 Å². The molecule has 0 aromatic rings. The standard InChI is InChI=1S/C11H19NO4/c1-12(6-3-4-10(13)15-2)11(14)9-5-7-16-8-9/h9H,3-8H2,1-2H3.